The maximum Gasteiger partial charge on any atom is 0.253 e. The van der Waals surface area contributed by atoms with Gasteiger partial charge in [0.25, 0.3) is 11.8 Å². The average molecular weight is 597 g/mol. The van der Waals surface area contributed by atoms with Gasteiger partial charge in [-0.3, -0.25) is 9.59 Å². The van der Waals surface area contributed by atoms with Gasteiger partial charge in [-0.2, -0.15) is 0 Å². The van der Waals surface area contributed by atoms with Crippen molar-refractivity contribution in [3.63, 3.8) is 0 Å². The van der Waals surface area contributed by atoms with E-state index in [1.165, 1.54) is 12.1 Å². The normalized spacial score (nSPS) is 12.5. The zero-order chi connectivity index (χ0) is 31.5. The van der Waals surface area contributed by atoms with Crippen LogP contribution in [-0.2, 0) is 13.0 Å². The fourth-order valence-electron chi connectivity index (χ4n) is 4.78. The molecule has 0 spiro atoms. The molecule has 3 rings (SSSR count). The van der Waals surface area contributed by atoms with Crippen molar-refractivity contribution in [3.05, 3.63) is 88.2 Å². The number of amides is 2. The van der Waals surface area contributed by atoms with Gasteiger partial charge in [0.1, 0.15) is 11.6 Å². The fourth-order valence-corrected chi connectivity index (χ4v) is 4.78. The number of aliphatic hydroxyl groups is 1. The van der Waals surface area contributed by atoms with Crippen LogP contribution in [0.5, 0.6) is 0 Å². The molecule has 43 heavy (non-hydrogen) atoms. The van der Waals surface area contributed by atoms with Gasteiger partial charge in [0.05, 0.1) is 17.8 Å². The van der Waals surface area contributed by atoms with Gasteiger partial charge < -0.3 is 25.5 Å². The van der Waals surface area contributed by atoms with Crippen molar-refractivity contribution < 1.29 is 23.5 Å². The van der Waals surface area contributed by atoms with Gasteiger partial charge in [0.2, 0.25) is 5.95 Å². The largest absolute Gasteiger partial charge is 0.390 e. The minimum absolute atomic E-state index is 0.0278. The predicted molar refractivity (Wildman–Crippen MR) is 163 cm³/mol. The molecule has 1 aromatic heterocycles. The van der Waals surface area contributed by atoms with Gasteiger partial charge in [-0.1, -0.05) is 13.8 Å². The second-order valence-electron chi connectivity index (χ2n) is 10.9. The van der Waals surface area contributed by atoms with Crippen LogP contribution < -0.4 is 15.5 Å². The maximum atomic E-state index is 14.0. The molecular weight excluding hydrogens is 554 g/mol. The molecule has 232 valence electrons. The number of benzene rings is 2. The first-order valence-electron chi connectivity index (χ1n) is 14.6. The van der Waals surface area contributed by atoms with E-state index in [1.807, 2.05) is 27.9 Å². The van der Waals surface area contributed by atoms with Crippen LogP contribution in [0, 0.1) is 18.6 Å². The monoisotopic (exact) mass is 596 g/mol. The molecule has 0 bridgehead atoms. The Morgan fingerprint density at radius 2 is 1.63 bits per heavy atom. The Bertz CT molecular complexity index is 1360. The number of nitrogens with zero attached hydrogens (tertiary/aromatic N) is 4. The number of anilines is 1. The maximum absolute atomic E-state index is 14.0. The molecule has 0 aliphatic rings. The molecule has 2 amide bonds. The summed E-state index contributed by atoms with van der Waals surface area (Å²) in [7, 11) is 3.66. The molecule has 0 saturated carbocycles. The number of nitrogens with one attached hydrogen (secondary N) is 2. The van der Waals surface area contributed by atoms with Crippen LogP contribution in [0.4, 0.5) is 14.7 Å². The van der Waals surface area contributed by atoms with Gasteiger partial charge in [0.15, 0.2) is 0 Å². The summed E-state index contributed by atoms with van der Waals surface area (Å²) < 4.78 is 27.9. The van der Waals surface area contributed by atoms with Crippen LogP contribution in [-0.4, -0.2) is 77.7 Å². The van der Waals surface area contributed by atoms with E-state index in [0.717, 1.165) is 24.5 Å². The van der Waals surface area contributed by atoms with Crippen molar-refractivity contribution in [2.24, 2.45) is 0 Å². The molecule has 0 radical (unpaired) electrons. The highest BCUT2D eigenvalue weighted by Gasteiger charge is 2.24. The second-order valence-corrected chi connectivity index (χ2v) is 10.9. The average Bonchev–Trinajstić information content (AvgIpc) is 2.95. The third kappa shape index (κ3) is 10.1. The molecule has 3 N–H and O–H groups in total. The lowest BCUT2D eigenvalue weighted by atomic mass is 9.99. The van der Waals surface area contributed by atoms with E-state index in [4.69, 9.17) is 0 Å². The fraction of sp³-hybridized carbons (Fsp3) is 0.438. The molecule has 9 nitrogen and oxygen atoms in total. The molecule has 1 heterocycles. The SMILES string of the molecule is CCCN(CCC)C(=O)c1cc(C)cc(C(=O)N[C@@H](Cc2cc(F)cc(F)c2)[C@H](O)CNCc2ccnc(N(C)C)n2)c1. The van der Waals surface area contributed by atoms with E-state index in [-0.39, 0.29) is 30.0 Å². The number of halogens is 2. The van der Waals surface area contributed by atoms with Crippen molar-refractivity contribution in [2.45, 2.75) is 58.7 Å². The van der Waals surface area contributed by atoms with E-state index >= 15 is 0 Å². The summed E-state index contributed by atoms with van der Waals surface area (Å²) in [6, 6.07) is 8.92. The van der Waals surface area contributed by atoms with Crippen molar-refractivity contribution in [1.82, 2.24) is 25.5 Å². The molecule has 3 aromatic rings. The summed E-state index contributed by atoms with van der Waals surface area (Å²) in [6.45, 7) is 7.42. The number of hydrogen-bond donors (Lipinski definition) is 3. The number of aryl methyl sites for hydroxylation is 1. The Balaban J connectivity index is 1.80. The van der Waals surface area contributed by atoms with Gasteiger partial charge in [-0.25, -0.2) is 18.7 Å². The Hall–Kier alpha value is -3.96. The quantitative estimate of drug-likeness (QED) is 0.244. The lowest BCUT2D eigenvalue weighted by Gasteiger charge is -2.25. The topological polar surface area (TPSA) is 111 Å². The Labute approximate surface area is 252 Å². The van der Waals surface area contributed by atoms with Crippen molar-refractivity contribution in [1.29, 1.82) is 0 Å². The minimum Gasteiger partial charge on any atom is -0.390 e. The van der Waals surface area contributed by atoms with Crippen LogP contribution in [0.25, 0.3) is 0 Å². The third-order valence-corrected chi connectivity index (χ3v) is 6.78. The second kappa shape index (κ2) is 16.0. The Kier molecular flexibility index (Phi) is 12.5. The smallest absolute Gasteiger partial charge is 0.253 e. The number of rotatable bonds is 15. The molecule has 0 aliphatic carbocycles. The van der Waals surface area contributed by atoms with Crippen LogP contribution in [0.3, 0.4) is 0 Å². The van der Waals surface area contributed by atoms with E-state index in [9.17, 15) is 23.5 Å². The number of carbonyl (C=O) groups excluding carboxylic acids is 2. The Morgan fingerprint density at radius 3 is 2.26 bits per heavy atom. The van der Waals surface area contributed by atoms with Crippen molar-refractivity contribution in [3.8, 4) is 0 Å². The standard InChI is InChI=1S/C32H42F2N6O3/c1-6-10-40(11-7-2)31(43)24-13-21(3)12-23(17-24)30(42)38-28(16-22-14-25(33)18-26(34)15-22)29(41)20-35-19-27-8-9-36-32(37-27)39(4)5/h8-9,12-15,17-18,28-29,35,41H,6-7,10-11,16,19-20H2,1-5H3,(H,38,42)/t28-,29+/m0/s1. The molecule has 2 atom stereocenters. The number of aromatic nitrogens is 2. The van der Waals surface area contributed by atoms with E-state index in [1.54, 1.807) is 47.2 Å². The van der Waals surface area contributed by atoms with Gasteiger partial charge in [-0.15, -0.1) is 0 Å². The lowest BCUT2D eigenvalue weighted by Crippen LogP contribution is -2.48. The Morgan fingerprint density at radius 1 is 0.977 bits per heavy atom. The highest BCUT2D eigenvalue weighted by atomic mass is 19.1. The van der Waals surface area contributed by atoms with Gasteiger partial charge >= 0.3 is 0 Å². The van der Waals surface area contributed by atoms with Gasteiger partial charge in [0, 0.05) is 63.7 Å². The predicted octanol–water partition coefficient (Wildman–Crippen LogP) is 3.88. The van der Waals surface area contributed by atoms with Gasteiger partial charge in [-0.05, 0) is 73.7 Å². The highest BCUT2D eigenvalue weighted by molar-refractivity contribution is 6.00. The first kappa shape index (κ1) is 33.5. The third-order valence-electron chi connectivity index (χ3n) is 6.78. The van der Waals surface area contributed by atoms with Crippen LogP contribution in [0.1, 0.15) is 64.2 Å². The van der Waals surface area contributed by atoms with Crippen molar-refractivity contribution >= 4 is 17.8 Å². The number of hydrogen-bond acceptors (Lipinski definition) is 7. The summed E-state index contributed by atoms with van der Waals surface area (Å²) in [6.07, 6.45) is 2.11. The minimum atomic E-state index is -1.12. The van der Waals surface area contributed by atoms with E-state index in [0.29, 0.717) is 36.8 Å². The summed E-state index contributed by atoms with van der Waals surface area (Å²) in [5.74, 6) is -1.62. The molecule has 0 saturated heterocycles. The van der Waals surface area contributed by atoms with Crippen molar-refractivity contribution in [2.75, 3.05) is 38.6 Å². The van der Waals surface area contributed by atoms with E-state index in [2.05, 4.69) is 20.6 Å². The molecule has 0 fully saturated rings. The molecular formula is C32H42F2N6O3. The highest BCUT2D eigenvalue weighted by Crippen LogP contribution is 2.16. The molecule has 0 aliphatic heterocycles. The summed E-state index contributed by atoms with van der Waals surface area (Å²) in [4.78, 5) is 38.9. The summed E-state index contributed by atoms with van der Waals surface area (Å²) >= 11 is 0. The first-order chi connectivity index (χ1) is 20.5. The molecule has 0 unspecified atom stereocenters. The zero-order valence-electron chi connectivity index (χ0n) is 25.5. The van der Waals surface area contributed by atoms with E-state index < -0.39 is 29.7 Å². The first-order valence-corrected chi connectivity index (χ1v) is 14.6. The molecule has 2 aromatic carbocycles. The van der Waals surface area contributed by atoms with Crippen LogP contribution in [0.2, 0.25) is 0 Å². The molecule has 11 heteroatoms. The lowest BCUT2D eigenvalue weighted by molar-refractivity contribution is 0.0755. The van der Waals surface area contributed by atoms with Crippen LogP contribution >= 0.6 is 0 Å². The number of carbonyl (C=O) groups is 2. The summed E-state index contributed by atoms with van der Waals surface area (Å²) in [5, 5.41) is 17.1. The zero-order valence-corrected chi connectivity index (χ0v) is 25.5. The van der Waals surface area contributed by atoms with Crippen LogP contribution in [0.15, 0.2) is 48.7 Å². The summed E-state index contributed by atoms with van der Waals surface area (Å²) in [5.41, 5.74) is 2.37. The number of aliphatic hydroxyl groups excluding tert-OH is 1.